The first-order valence-corrected chi connectivity index (χ1v) is 6.68. The maximum atomic E-state index is 11.9. The van der Waals surface area contributed by atoms with Crippen LogP contribution in [-0.4, -0.2) is 10.3 Å². The van der Waals surface area contributed by atoms with Gasteiger partial charge in [0, 0.05) is 24.2 Å². The van der Waals surface area contributed by atoms with Crippen molar-refractivity contribution in [3.8, 4) is 0 Å². The van der Waals surface area contributed by atoms with E-state index >= 15 is 0 Å². The van der Waals surface area contributed by atoms with Gasteiger partial charge in [0.25, 0.3) is 5.56 Å². The van der Waals surface area contributed by atoms with Crippen LogP contribution in [0.25, 0.3) is 0 Å². The lowest BCUT2D eigenvalue weighted by Gasteiger charge is -2.18. The molecule has 94 valence electrons. The molecule has 0 N–H and O–H groups in total. The maximum absolute atomic E-state index is 11.9. The Labute approximate surface area is 113 Å². The van der Waals surface area contributed by atoms with Gasteiger partial charge in [-0.3, -0.25) is 4.79 Å². The number of pyridine rings is 1. The number of thiol groups is 1. The lowest BCUT2D eigenvalue weighted by atomic mass is 10.0. The molecule has 0 amide bonds. The van der Waals surface area contributed by atoms with Gasteiger partial charge in [-0.05, 0) is 24.3 Å². The normalized spacial score (nSPS) is 12.3. The zero-order chi connectivity index (χ0) is 13.0. The molecule has 0 saturated carbocycles. The topological polar surface area (TPSA) is 22.0 Å². The van der Waals surface area contributed by atoms with E-state index in [1.807, 2.05) is 35.8 Å². The Hall–Kier alpha value is -1.48. The summed E-state index contributed by atoms with van der Waals surface area (Å²) in [5, 5.41) is 0. The standard InChI is InChI=1S/C15H17NOS/c1-12-6-5-9-15(17)16(12)10-14(11-18)13-7-3-2-4-8-13/h2-9,14,18H,10-11H2,1H3. The van der Waals surface area contributed by atoms with Gasteiger partial charge in [0.2, 0.25) is 0 Å². The summed E-state index contributed by atoms with van der Waals surface area (Å²) < 4.78 is 1.81. The molecule has 1 atom stereocenters. The third-order valence-corrected chi connectivity index (χ3v) is 3.60. The Balaban J connectivity index is 2.29. The zero-order valence-electron chi connectivity index (χ0n) is 10.4. The Morgan fingerprint density at radius 1 is 1.11 bits per heavy atom. The summed E-state index contributed by atoms with van der Waals surface area (Å²) in [4.78, 5) is 11.9. The monoisotopic (exact) mass is 259 g/mol. The third kappa shape index (κ3) is 2.85. The van der Waals surface area contributed by atoms with Crippen molar-refractivity contribution < 1.29 is 0 Å². The Kier molecular flexibility index (Phi) is 4.26. The Bertz CT molecular complexity index is 562. The summed E-state index contributed by atoms with van der Waals surface area (Å²) in [6.45, 7) is 2.64. The van der Waals surface area contributed by atoms with Gasteiger partial charge in [0.05, 0.1) is 0 Å². The first-order valence-electron chi connectivity index (χ1n) is 6.04. The number of hydrogen-bond acceptors (Lipinski definition) is 2. The van der Waals surface area contributed by atoms with E-state index in [9.17, 15) is 4.79 Å². The van der Waals surface area contributed by atoms with Gasteiger partial charge in [-0.15, -0.1) is 0 Å². The number of benzene rings is 1. The fraction of sp³-hybridized carbons (Fsp3) is 0.267. The molecule has 1 heterocycles. The SMILES string of the molecule is Cc1cccc(=O)n1CC(CS)c1ccccc1. The summed E-state index contributed by atoms with van der Waals surface area (Å²) in [5.74, 6) is 0.985. The molecule has 2 aromatic rings. The molecule has 18 heavy (non-hydrogen) atoms. The van der Waals surface area contributed by atoms with Gasteiger partial charge in [-0.1, -0.05) is 36.4 Å². The highest BCUT2D eigenvalue weighted by Crippen LogP contribution is 2.19. The second-order valence-electron chi connectivity index (χ2n) is 4.41. The van der Waals surface area contributed by atoms with E-state index in [2.05, 4.69) is 24.8 Å². The zero-order valence-corrected chi connectivity index (χ0v) is 11.3. The highest BCUT2D eigenvalue weighted by atomic mass is 32.1. The lowest BCUT2D eigenvalue weighted by molar-refractivity contribution is 0.574. The number of nitrogens with zero attached hydrogens (tertiary/aromatic N) is 1. The molecule has 1 aromatic carbocycles. The van der Waals surface area contributed by atoms with Crippen LogP contribution in [0.15, 0.2) is 53.3 Å². The van der Waals surface area contributed by atoms with Crippen molar-refractivity contribution in [2.45, 2.75) is 19.4 Å². The molecule has 0 fully saturated rings. The van der Waals surface area contributed by atoms with E-state index < -0.39 is 0 Å². The van der Waals surface area contributed by atoms with Crippen LogP contribution in [0.1, 0.15) is 17.2 Å². The number of hydrogen-bond donors (Lipinski definition) is 1. The molecule has 2 rings (SSSR count). The van der Waals surface area contributed by atoms with Crippen LogP contribution in [0.5, 0.6) is 0 Å². The van der Waals surface area contributed by atoms with Crippen LogP contribution in [0, 0.1) is 6.92 Å². The van der Waals surface area contributed by atoms with E-state index in [1.54, 1.807) is 12.1 Å². The van der Waals surface area contributed by atoms with E-state index in [0.29, 0.717) is 6.54 Å². The molecule has 1 aromatic heterocycles. The van der Waals surface area contributed by atoms with Crippen molar-refractivity contribution in [3.05, 3.63) is 70.1 Å². The van der Waals surface area contributed by atoms with Crippen LogP contribution < -0.4 is 5.56 Å². The van der Waals surface area contributed by atoms with Crippen molar-refractivity contribution in [1.29, 1.82) is 0 Å². The summed E-state index contributed by atoms with van der Waals surface area (Å²) in [6.07, 6.45) is 0. The number of rotatable bonds is 4. The molecule has 0 bridgehead atoms. The number of aryl methyl sites for hydroxylation is 1. The van der Waals surface area contributed by atoms with Gasteiger partial charge in [-0.25, -0.2) is 0 Å². The molecular weight excluding hydrogens is 242 g/mol. The van der Waals surface area contributed by atoms with Crippen molar-refractivity contribution >= 4 is 12.6 Å². The van der Waals surface area contributed by atoms with Gasteiger partial charge in [0.1, 0.15) is 0 Å². The fourth-order valence-corrected chi connectivity index (χ4v) is 2.40. The highest BCUT2D eigenvalue weighted by molar-refractivity contribution is 7.80. The van der Waals surface area contributed by atoms with E-state index in [-0.39, 0.29) is 11.5 Å². The smallest absolute Gasteiger partial charge is 0.250 e. The van der Waals surface area contributed by atoms with Crippen LogP contribution in [0.2, 0.25) is 0 Å². The molecule has 0 aliphatic carbocycles. The van der Waals surface area contributed by atoms with E-state index in [1.165, 1.54) is 5.56 Å². The summed E-state index contributed by atoms with van der Waals surface area (Å²) >= 11 is 4.41. The van der Waals surface area contributed by atoms with Crippen LogP contribution in [0.4, 0.5) is 0 Å². The molecule has 2 nitrogen and oxygen atoms in total. The predicted molar refractivity (Wildman–Crippen MR) is 78.5 cm³/mol. The summed E-state index contributed by atoms with van der Waals surface area (Å²) in [6, 6.07) is 15.6. The minimum atomic E-state index is 0.0534. The molecule has 3 heteroatoms. The first-order chi connectivity index (χ1) is 8.72. The van der Waals surface area contributed by atoms with Crippen LogP contribution in [0.3, 0.4) is 0 Å². The molecule has 0 radical (unpaired) electrons. The molecular formula is C15H17NOS. The van der Waals surface area contributed by atoms with Gasteiger partial charge >= 0.3 is 0 Å². The highest BCUT2D eigenvalue weighted by Gasteiger charge is 2.11. The molecule has 0 spiro atoms. The average Bonchev–Trinajstić information content (AvgIpc) is 2.40. The third-order valence-electron chi connectivity index (χ3n) is 3.16. The van der Waals surface area contributed by atoms with Gasteiger partial charge in [-0.2, -0.15) is 12.6 Å². The van der Waals surface area contributed by atoms with Crippen molar-refractivity contribution in [2.24, 2.45) is 0 Å². The second-order valence-corrected chi connectivity index (χ2v) is 4.77. The summed E-state index contributed by atoms with van der Waals surface area (Å²) in [5.41, 5.74) is 2.27. The van der Waals surface area contributed by atoms with Crippen molar-refractivity contribution in [2.75, 3.05) is 5.75 Å². The quantitative estimate of drug-likeness (QED) is 0.838. The summed E-state index contributed by atoms with van der Waals surface area (Å²) in [7, 11) is 0. The average molecular weight is 259 g/mol. The Morgan fingerprint density at radius 3 is 2.44 bits per heavy atom. The predicted octanol–water partition coefficient (Wildman–Crippen LogP) is 2.87. The maximum Gasteiger partial charge on any atom is 0.250 e. The fourth-order valence-electron chi connectivity index (χ4n) is 2.07. The van der Waals surface area contributed by atoms with Gasteiger partial charge < -0.3 is 4.57 Å². The van der Waals surface area contributed by atoms with Crippen molar-refractivity contribution in [1.82, 2.24) is 4.57 Å². The second kappa shape index (κ2) is 5.91. The number of aromatic nitrogens is 1. The largest absolute Gasteiger partial charge is 0.312 e. The Morgan fingerprint density at radius 2 is 1.83 bits per heavy atom. The minimum absolute atomic E-state index is 0.0534. The van der Waals surface area contributed by atoms with E-state index in [0.717, 1.165) is 11.4 Å². The van der Waals surface area contributed by atoms with Crippen LogP contribution >= 0.6 is 12.6 Å². The van der Waals surface area contributed by atoms with Gasteiger partial charge in [0.15, 0.2) is 0 Å². The molecule has 0 aliphatic rings. The minimum Gasteiger partial charge on any atom is -0.312 e. The molecule has 0 aliphatic heterocycles. The lowest BCUT2D eigenvalue weighted by Crippen LogP contribution is -2.24. The van der Waals surface area contributed by atoms with Crippen LogP contribution in [-0.2, 0) is 6.54 Å². The van der Waals surface area contributed by atoms with E-state index in [4.69, 9.17) is 0 Å². The van der Waals surface area contributed by atoms with Crippen molar-refractivity contribution in [3.63, 3.8) is 0 Å². The first kappa shape index (κ1) is 13.0. The molecule has 1 unspecified atom stereocenters. The molecule has 0 saturated heterocycles.